The van der Waals surface area contributed by atoms with Gasteiger partial charge in [-0.05, 0) is 45.4 Å². The molecule has 0 aromatic heterocycles. The van der Waals surface area contributed by atoms with Crippen molar-refractivity contribution in [2.24, 2.45) is 5.92 Å². The molecule has 6 heteroatoms. The van der Waals surface area contributed by atoms with Gasteiger partial charge in [0.05, 0.1) is 17.8 Å². The molecule has 21 heavy (non-hydrogen) atoms. The van der Waals surface area contributed by atoms with Crippen molar-refractivity contribution in [3.8, 4) is 0 Å². The molecule has 0 spiro atoms. The molecule has 2 unspecified atom stereocenters. The van der Waals surface area contributed by atoms with Crippen LogP contribution in [0.15, 0.2) is 0 Å². The van der Waals surface area contributed by atoms with Gasteiger partial charge in [-0.25, -0.2) is 8.42 Å². The first-order valence-corrected chi connectivity index (χ1v) is 9.98. The highest BCUT2D eigenvalue weighted by Gasteiger charge is 2.37. The number of carbonyl (C=O) groups excluding carboxylic acids is 1. The van der Waals surface area contributed by atoms with Crippen LogP contribution >= 0.6 is 0 Å². The maximum Gasteiger partial charge on any atom is 0.308 e. The molecule has 5 nitrogen and oxygen atoms in total. The summed E-state index contributed by atoms with van der Waals surface area (Å²) in [6, 6.07) is 0.423. The third-order valence-corrected chi connectivity index (χ3v) is 6.46. The summed E-state index contributed by atoms with van der Waals surface area (Å²) in [7, 11) is -2.97. The second-order valence-electron chi connectivity index (χ2n) is 6.37. The Kier molecular flexibility index (Phi) is 5.66. The van der Waals surface area contributed by atoms with E-state index >= 15 is 0 Å². The highest BCUT2D eigenvalue weighted by Crippen LogP contribution is 2.29. The molecule has 0 aliphatic heterocycles. The fourth-order valence-corrected chi connectivity index (χ4v) is 5.09. The van der Waals surface area contributed by atoms with Gasteiger partial charge in [-0.3, -0.25) is 4.79 Å². The zero-order chi connectivity index (χ0) is 15.5. The number of rotatable bonds is 5. The summed E-state index contributed by atoms with van der Waals surface area (Å²) in [5, 5.41) is 3.30. The lowest BCUT2D eigenvalue weighted by Crippen LogP contribution is -2.46. The lowest BCUT2D eigenvalue weighted by Gasteiger charge is -2.31. The van der Waals surface area contributed by atoms with E-state index in [1.165, 1.54) is 6.26 Å². The minimum absolute atomic E-state index is 0.0253. The molecule has 2 atom stereocenters. The molecule has 1 N–H and O–H groups in total. The van der Waals surface area contributed by atoms with Crippen LogP contribution < -0.4 is 5.32 Å². The van der Waals surface area contributed by atoms with Gasteiger partial charge in [-0.1, -0.05) is 6.42 Å². The van der Waals surface area contributed by atoms with E-state index in [2.05, 4.69) is 5.32 Å². The fraction of sp³-hybridized carbons (Fsp3) is 0.933. The number of nitrogens with one attached hydrogen (secondary N) is 1. The summed E-state index contributed by atoms with van der Waals surface area (Å²) >= 11 is 0. The van der Waals surface area contributed by atoms with Crippen molar-refractivity contribution in [3.05, 3.63) is 0 Å². The van der Waals surface area contributed by atoms with E-state index in [9.17, 15) is 13.2 Å². The van der Waals surface area contributed by atoms with Gasteiger partial charge in [0.15, 0.2) is 9.84 Å². The SMILES string of the molecule is CCOC(=O)C1CCC(NC2CCCC2S(C)(=O)=O)CC1. The monoisotopic (exact) mass is 317 g/mol. The predicted octanol–water partition coefficient (Wildman–Crippen LogP) is 1.66. The lowest BCUT2D eigenvalue weighted by atomic mass is 9.85. The standard InChI is InChI=1S/C15H27NO4S/c1-3-20-15(17)11-7-9-12(10-8-11)16-13-5-4-6-14(13)21(2,18)19/h11-14,16H,3-10H2,1-2H3. The summed E-state index contributed by atoms with van der Waals surface area (Å²) in [4.78, 5) is 11.7. The maximum atomic E-state index is 11.8. The molecule has 0 bridgehead atoms. The normalized spacial score (nSPS) is 33.8. The highest BCUT2D eigenvalue weighted by atomic mass is 32.2. The predicted molar refractivity (Wildman–Crippen MR) is 81.8 cm³/mol. The third-order valence-electron chi connectivity index (χ3n) is 4.80. The molecule has 2 aliphatic carbocycles. The van der Waals surface area contributed by atoms with E-state index in [-0.39, 0.29) is 23.2 Å². The molecule has 2 rings (SSSR count). The second kappa shape index (κ2) is 7.09. The summed E-state index contributed by atoms with van der Waals surface area (Å²) in [5.41, 5.74) is 0. The quantitative estimate of drug-likeness (QED) is 0.781. The average molecular weight is 317 g/mol. The van der Waals surface area contributed by atoms with Crippen molar-refractivity contribution in [2.75, 3.05) is 12.9 Å². The van der Waals surface area contributed by atoms with Gasteiger partial charge in [-0.2, -0.15) is 0 Å². The zero-order valence-corrected chi connectivity index (χ0v) is 13.8. The summed E-state index contributed by atoms with van der Waals surface area (Å²) in [6.07, 6.45) is 7.57. The molecule has 0 aromatic carbocycles. The Hall–Kier alpha value is -0.620. The molecule has 0 amide bonds. The Morgan fingerprint density at radius 3 is 2.38 bits per heavy atom. The molecule has 0 radical (unpaired) electrons. The summed E-state index contributed by atoms with van der Waals surface area (Å²) in [6.45, 7) is 2.27. The summed E-state index contributed by atoms with van der Waals surface area (Å²) in [5.74, 6) is -0.0527. The van der Waals surface area contributed by atoms with Crippen molar-refractivity contribution < 1.29 is 17.9 Å². The molecule has 0 saturated heterocycles. The average Bonchev–Trinajstić information content (AvgIpc) is 2.88. The fourth-order valence-electron chi connectivity index (χ4n) is 3.69. The molecule has 2 fully saturated rings. The van der Waals surface area contributed by atoms with E-state index in [1.54, 1.807) is 0 Å². The molecule has 0 heterocycles. The van der Waals surface area contributed by atoms with E-state index in [0.717, 1.165) is 44.9 Å². The van der Waals surface area contributed by atoms with Gasteiger partial charge < -0.3 is 10.1 Å². The third kappa shape index (κ3) is 4.42. The van der Waals surface area contributed by atoms with Crippen molar-refractivity contribution in [1.82, 2.24) is 5.32 Å². The first-order chi connectivity index (χ1) is 9.91. The Morgan fingerprint density at radius 2 is 1.81 bits per heavy atom. The van der Waals surface area contributed by atoms with Gasteiger partial charge in [0, 0.05) is 18.3 Å². The second-order valence-corrected chi connectivity index (χ2v) is 8.64. The van der Waals surface area contributed by atoms with Crippen LogP contribution in [0.5, 0.6) is 0 Å². The Balaban J connectivity index is 1.82. The van der Waals surface area contributed by atoms with E-state index in [0.29, 0.717) is 12.6 Å². The molecule has 122 valence electrons. The number of sulfone groups is 1. The van der Waals surface area contributed by atoms with Crippen LogP contribution in [0.3, 0.4) is 0 Å². The number of carbonyl (C=O) groups is 1. The van der Waals surface area contributed by atoms with Crippen LogP contribution in [0.1, 0.15) is 51.9 Å². The van der Waals surface area contributed by atoms with Crippen molar-refractivity contribution in [3.63, 3.8) is 0 Å². The molecular weight excluding hydrogens is 290 g/mol. The van der Waals surface area contributed by atoms with Crippen LogP contribution in [0, 0.1) is 5.92 Å². The van der Waals surface area contributed by atoms with Crippen molar-refractivity contribution >= 4 is 15.8 Å². The van der Waals surface area contributed by atoms with Crippen LogP contribution in [0.2, 0.25) is 0 Å². The van der Waals surface area contributed by atoms with E-state index < -0.39 is 9.84 Å². The number of esters is 1. The summed E-state index contributed by atoms with van der Waals surface area (Å²) < 4.78 is 28.7. The molecule has 2 aliphatic rings. The lowest BCUT2D eigenvalue weighted by molar-refractivity contribution is -0.149. The largest absolute Gasteiger partial charge is 0.466 e. The number of hydrogen-bond donors (Lipinski definition) is 1. The number of ether oxygens (including phenoxy) is 1. The Morgan fingerprint density at radius 1 is 1.14 bits per heavy atom. The Labute approximate surface area is 127 Å². The van der Waals surface area contributed by atoms with Crippen molar-refractivity contribution in [1.29, 1.82) is 0 Å². The zero-order valence-electron chi connectivity index (χ0n) is 13.0. The van der Waals surface area contributed by atoms with Crippen LogP contribution in [-0.4, -0.2) is 44.6 Å². The van der Waals surface area contributed by atoms with Crippen molar-refractivity contribution in [2.45, 2.75) is 69.2 Å². The number of hydrogen-bond acceptors (Lipinski definition) is 5. The maximum absolute atomic E-state index is 11.8. The minimum Gasteiger partial charge on any atom is -0.466 e. The van der Waals surface area contributed by atoms with Gasteiger partial charge >= 0.3 is 5.97 Å². The van der Waals surface area contributed by atoms with Crippen LogP contribution in [0.4, 0.5) is 0 Å². The first kappa shape index (κ1) is 16.7. The van der Waals surface area contributed by atoms with Gasteiger partial charge in [0.2, 0.25) is 0 Å². The van der Waals surface area contributed by atoms with E-state index in [1.807, 2.05) is 6.92 Å². The molecular formula is C15H27NO4S. The minimum atomic E-state index is -2.97. The van der Waals surface area contributed by atoms with Gasteiger partial charge in [0.25, 0.3) is 0 Å². The molecule has 0 aromatic rings. The first-order valence-electron chi connectivity index (χ1n) is 8.03. The molecule has 2 saturated carbocycles. The topological polar surface area (TPSA) is 72.5 Å². The Bertz CT molecular complexity index is 454. The van der Waals surface area contributed by atoms with Gasteiger partial charge in [0.1, 0.15) is 0 Å². The van der Waals surface area contributed by atoms with E-state index in [4.69, 9.17) is 4.74 Å². The van der Waals surface area contributed by atoms with Gasteiger partial charge in [-0.15, -0.1) is 0 Å². The van der Waals surface area contributed by atoms with Crippen LogP contribution in [-0.2, 0) is 19.4 Å². The highest BCUT2D eigenvalue weighted by molar-refractivity contribution is 7.91. The smallest absolute Gasteiger partial charge is 0.308 e. The van der Waals surface area contributed by atoms with Crippen LogP contribution in [0.25, 0.3) is 0 Å².